The van der Waals surface area contributed by atoms with Crippen LogP contribution in [0.25, 0.3) is 0 Å². The molecule has 0 saturated carbocycles. The summed E-state index contributed by atoms with van der Waals surface area (Å²) in [7, 11) is 0. The van der Waals surface area contributed by atoms with E-state index in [0.29, 0.717) is 29.4 Å². The highest BCUT2D eigenvalue weighted by molar-refractivity contribution is 5.77. The Kier molecular flexibility index (Phi) is 10.8. The van der Waals surface area contributed by atoms with Crippen molar-refractivity contribution < 1.29 is 33.3 Å². The molecule has 0 fully saturated rings. The second-order valence-electron chi connectivity index (χ2n) is 10.4. The summed E-state index contributed by atoms with van der Waals surface area (Å²) in [5, 5.41) is 2.73. The number of benzene rings is 3. The predicted molar refractivity (Wildman–Crippen MR) is 152 cm³/mol. The molecule has 0 aliphatic rings. The van der Waals surface area contributed by atoms with Crippen LogP contribution in [0.4, 0.5) is 4.79 Å². The predicted octanol–water partition coefficient (Wildman–Crippen LogP) is 6.76. The molecule has 3 aromatic rings. The molecule has 1 atom stereocenters. The van der Waals surface area contributed by atoms with Gasteiger partial charge >= 0.3 is 12.1 Å². The van der Waals surface area contributed by atoms with Crippen LogP contribution >= 0.6 is 0 Å². The van der Waals surface area contributed by atoms with E-state index < -0.39 is 23.8 Å². The number of ether oxygens (including phenoxy) is 5. The van der Waals surface area contributed by atoms with Crippen LogP contribution < -0.4 is 19.5 Å². The van der Waals surface area contributed by atoms with Gasteiger partial charge in [0, 0.05) is 12.1 Å². The summed E-state index contributed by atoms with van der Waals surface area (Å²) in [6.07, 6.45) is -1.60. The number of rotatable bonds is 12. The average molecular weight is 550 g/mol. The Bertz CT molecular complexity index is 1230. The molecule has 0 heterocycles. The van der Waals surface area contributed by atoms with Crippen LogP contribution in [0.3, 0.4) is 0 Å². The lowest BCUT2D eigenvalue weighted by molar-refractivity contribution is -0.153. The maximum Gasteiger partial charge on any atom is 0.407 e. The molecular weight excluding hydrogens is 510 g/mol. The molecule has 0 spiro atoms. The molecule has 1 N–H and O–H groups in total. The van der Waals surface area contributed by atoms with E-state index in [1.165, 1.54) is 0 Å². The molecule has 3 aromatic carbocycles. The van der Waals surface area contributed by atoms with Crippen LogP contribution in [-0.4, -0.2) is 30.4 Å². The highest BCUT2D eigenvalue weighted by atomic mass is 16.6. The summed E-state index contributed by atoms with van der Waals surface area (Å²) in [5.41, 5.74) is 1.70. The maximum absolute atomic E-state index is 13.3. The smallest absolute Gasteiger partial charge is 0.407 e. The Morgan fingerprint density at radius 1 is 0.850 bits per heavy atom. The van der Waals surface area contributed by atoms with E-state index in [0.717, 1.165) is 11.1 Å². The summed E-state index contributed by atoms with van der Waals surface area (Å²) in [6, 6.07) is 21.8. The zero-order valence-electron chi connectivity index (χ0n) is 24.1. The van der Waals surface area contributed by atoms with Crippen LogP contribution in [0.5, 0.6) is 17.2 Å². The molecule has 3 rings (SSSR count). The lowest BCUT2D eigenvalue weighted by Gasteiger charge is -2.21. The first-order chi connectivity index (χ1) is 19.0. The van der Waals surface area contributed by atoms with Crippen molar-refractivity contribution in [3.05, 3.63) is 89.5 Å². The lowest BCUT2D eigenvalue weighted by Crippen LogP contribution is -2.32. The van der Waals surface area contributed by atoms with Crippen LogP contribution in [0.1, 0.15) is 64.3 Å². The Morgan fingerprint density at radius 2 is 1.55 bits per heavy atom. The molecule has 0 aliphatic heterocycles. The maximum atomic E-state index is 13.3. The van der Waals surface area contributed by atoms with Crippen molar-refractivity contribution in [2.24, 2.45) is 0 Å². The van der Waals surface area contributed by atoms with Gasteiger partial charge in [0.2, 0.25) is 6.10 Å². The third kappa shape index (κ3) is 9.84. The van der Waals surface area contributed by atoms with E-state index in [1.807, 2.05) is 84.0 Å². The first-order valence-corrected chi connectivity index (χ1v) is 13.4. The van der Waals surface area contributed by atoms with Crippen LogP contribution in [0, 0.1) is 0 Å². The Balaban J connectivity index is 1.79. The van der Waals surface area contributed by atoms with E-state index in [-0.39, 0.29) is 19.3 Å². The molecule has 0 aliphatic carbocycles. The van der Waals surface area contributed by atoms with E-state index in [2.05, 4.69) is 5.32 Å². The largest absolute Gasteiger partial charge is 0.490 e. The minimum Gasteiger partial charge on any atom is -0.490 e. The summed E-state index contributed by atoms with van der Waals surface area (Å²) in [6.45, 7) is 12.0. The van der Waals surface area contributed by atoms with E-state index in [1.54, 1.807) is 30.3 Å². The minimum atomic E-state index is -1.05. The molecule has 1 unspecified atom stereocenters. The van der Waals surface area contributed by atoms with Crippen molar-refractivity contribution in [3.8, 4) is 17.2 Å². The molecule has 214 valence electrons. The van der Waals surface area contributed by atoms with Crippen molar-refractivity contribution in [3.63, 3.8) is 0 Å². The topological polar surface area (TPSA) is 92.3 Å². The highest BCUT2D eigenvalue weighted by Crippen LogP contribution is 2.34. The van der Waals surface area contributed by atoms with Gasteiger partial charge in [-0.15, -0.1) is 0 Å². The standard InChI is InChI=1S/C32H39NO7/c1-7-36-28-19-25(15-18-27(28)38-22(2)3)29(30(34)37-21-24-11-9-8-10-12-24)39-26-16-13-23(14-17-26)20-33-31(35)40-32(4,5)6/h8-19,22,29H,7,20-21H2,1-6H3,(H,33,35). The number of carbonyl (C=O) groups excluding carboxylic acids is 2. The molecule has 8 heteroatoms. The monoisotopic (exact) mass is 549 g/mol. The van der Waals surface area contributed by atoms with Gasteiger partial charge < -0.3 is 29.0 Å². The van der Waals surface area contributed by atoms with Gasteiger partial charge in [-0.25, -0.2) is 9.59 Å². The number of hydrogen-bond donors (Lipinski definition) is 1. The molecule has 0 aromatic heterocycles. The molecule has 0 bridgehead atoms. The fraction of sp³-hybridized carbons (Fsp3) is 0.375. The zero-order valence-corrected chi connectivity index (χ0v) is 24.1. The van der Waals surface area contributed by atoms with Crippen LogP contribution in [0.15, 0.2) is 72.8 Å². The van der Waals surface area contributed by atoms with Crippen LogP contribution in [-0.2, 0) is 27.4 Å². The summed E-state index contributed by atoms with van der Waals surface area (Å²) in [5.74, 6) is 1.02. The first kappa shape index (κ1) is 30.3. The van der Waals surface area contributed by atoms with Crippen molar-refractivity contribution in [2.75, 3.05) is 6.61 Å². The summed E-state index contributed by atoms with van der Waals surface area (Å²) < 4.78 is 28.8. The molecule has 0 saturated heterocycles. The fourth-order valence-corrected chi connectivity index (χ4v) is 3.67. The lowest BCUT2D eigenvalue weighted by atomic mass is 10.1. The van der Waals surface area contributed by atoms with Gasteiger partial charge in [0.05, 0.1) is 12.7 Å². The third-order valence-corrected chi connectivity index (χ3v) is 5.38. The van der Waals surface area contributed by atoms with E-state index >= 15 is 0 Å². The van der Waals surface area contributed by atoms with Gasteiger partial charge in [0.15, 0.2) is 11.5 Å². The average Bonchev–Trinajstić information content (AvgIpc) is 2.90. The Morgan fingerprint density at radius 3 is 2.17 bits per heavy atom. The molecule has 0 radical (unpaired) electrons. The van der Waals surface area contributed by atoms with Crippen LogP contribution in [0.2, 0.25) is 0 Å². The summed E-state index contributed by atoms with van der Waals surface area (Å²) >= 11 is 0. The van der Waals surface area contributed by atoms with Crippen molar-refractivity contribution >= 4 is 12.1 Å². The zero-order chi connectivity index (χ0) is 29.1. The SMILES string of the molecule is CCOc1cc(C(Oc2ccc(CNC(=O)OC(C)(C)C)cc2)C(=O)OCc2ccccc2)ccc1OC(C)C. The molecule has 1 amide bonds. The van der Waals surface area contributed by atoms with Crippen molar-refractivity contribution in [2.45, 2.75) is 72.5 Å². The normalized spacial score (nSPS) is 11.9. The number of amides is 1. The Hall–Kier alpha value is -4.20. The molecular formula is C32H39NO7. The number of hydrogen-bond acceptors (Lipinski definition) is 7. The fourth-order valence-electron chi connectivity index (χ4n) is 3.67. The number of esters is 1. The molecule has 8 nitrogen and oxygen atoms in total. The number of alkyl carbamates (subject to hydrolysis) is 1. The second-order valence-corrected chi connectivity index (χ2v) is 10.4. The van der Waals surface area contributed by atoms with Gasteiger partial charge in [0.1, 0.15) is 18.0 Å². The van der Waals surface area contributed by atoms with Gasteiger partial charge in [-0.2, -0.15) is 0 Å². The third-order valence-electron chi connectivity index (χ3n) is 5.38. The van der Waals surface area contributed by atoms with Crippen molar-refractivity contribution in [1.29, 1.82) is 0 Å². The first-order valence-electron chi connectivity index (χ1n) is 13.4. The molecule has 40 heavy (non-hydrogen) atoms. The van der Waals surface area contributed by atoms with Gasteiger partial charge in [-0.05, 0) is 76.9 Å². The van der Waals surface area contributed by atoms with Gasteiger partial charge in [-0.1, -0.05) is 48.5 Å². The Labute approximate surface area is 236 Å². The quantitative estimate of drug-likeness (QED) is 0.250. The van der Waals surface area contributed by atoms with E-state index in [4.69, 9.17) is 23.7 Å². The highest BCUT2D eigenvalue weighted by Gasteiger charge is 2.26. The van der Waals surface area contributed by atoms with Gasteiger partial charge in [-0.3, -0.25) is 0 Å². The van der Waals surface area contributed by atoms with Crippen molar-refractivity contribution in [1.82, 2.24) is 5.32 Å². The number of nitrogens with one attached hydrogen (secondary N) is 1. The number of carbonyl (C=O) groups is 2. The van der Waals surface area contributed by atoms with E-state index in [9.17, 15) is 9.59 Å². The van der Waals surface area contributed by atoms with Gasteiger partial charge in [0.25, 0.3) is 0 Å². The minimum absolute atomic E-state index is 0.0451. The summed E-state index contributed by atoms with van der Waals surface area (Å²) in [4.78, 5) is 25.3. The second kappa shape index (κ2) is 14.3.